The van der Waals surface area contributed by atoms with Gasteiger partial charge in [0.25, 0.3) is 0 Å². The normalized spacial score (nSPS) is 13.0. The number of aliphatic imine (C=N–C) groups is 1. The van der Waals surface area contributed by atoms with Gasteiger partial charge in [-0.25, -0.2) is 4.98 Å². The number of fused-ring (bicyclic) bond motifs is 5. The highest BCUT2D eigenvalue weighted by Gasteiger charge is 2.26. The van der Waals surface area contributed by atoms with E-state index in [0.717, 1.165) is 55.4 Å². The Morgan fingerprint density at radius 3 is 2.06 bits per heavy atom. The smallest absolute Gasteiger partial charge is 0.229 e. The summed E-state index contributed by atoms with van der Waals surface area (Å²) in [6.07, 6.45) is 1.80. The van der Waals surface area contributed by atoms with E-state index in [9.17, 15) is 5.11 Å². The predicted octanol–water partition coefficient (Wildman–Crippen LogP) is 14.0. The number of hydrogen-bond acceptors (Lipinski definition) is 5. The van der Waals surface area contributed by atoms with Crippen LogP contribution in [0.15, 0.2) is 113 Å². The van der Waals surface area contributed by atoms with Gasteiger partial charge >= 0.3 is 0 Å². The van der Waals surface area contributed by atoms with Gasteiger partial charge in [0.2, 0.25) is 5.89 Å². The van der Waals surface area contributed by atoms with E-state index < -0.39 is 0 Å². The number of phenols is 1. The van der Waals surface area contributed by atoms with Crippen molar-refractivity contribution in [3.63, 3.8) is 0 Å². The number of aromatic nitrogens is 1. The van der Waals surface area contributed by atoms with Crippen molar-refractivity contribution < 1.29 is 9.52 Å². The van der Waals surface area contributed by atoms with Gasteiger partial charge < -0.3 is 9.52 Å². The van der Waals surface area contributed by atoms with Crippen LogP contribution in [-0.4, -0.2) is 16.3 Å². The molecule has 5 heteroatoms. The second-order valence-corrected chi connectivity index (χ2v) is 18.4. The zero-order valence-corrected chi connectivity index (χ0v) is 32.9. The molecule has 6 aromatic carbocycles. The van der Waals surface area contributed by atoms with Crippen LogP contribution in [-0.2, 0) is 16.2 Å². The third kappa shape index (κ3) is 6.21. The summed E-state index contributed by atoms with van der Waals surface area (Å²) in [6.45, 7) is 19.7. The molecular weight excluding hydrogens is 669 g/mol. The van der Waals surface area contributed by atoms with Crippen molar-refractivity contribution in [1.82, 2.24) is 4.98 Å². The Balaban J connectivity index is 1.36. The fraction of sp³-hybridized carbons (Fsp3) is 0.250. The maximum absolute atomic E-state index is 11.6. The first kappa shape index (κ1) is 34.8. The highest BCUT2D eigenvalue weighted by molar-refractivity contribution is 7.26. The average Bonchev–Trinajstić information content (AvgIpc) is 3.71. The molecule has 53 heavy (non-hydrogen) atoms. The van der Waals surface area contributed by atoms with E-state index in [2.05, 4.69) is 153 Å². The molecule has 8 aromatic rings. The fourth-order valence-electron chi connectivity index (χ4n) is 7.20. The molecule has 2 heterocycles. The molecule has 0 spiro atoms. The second-order valence-electron chi connectivity index (χ2n) is 17.3. The van der Waals surface area contributed by atoms with E-state index in [1.165, 1.54) is 25.7 Å². The van der Waals surface area contributed by atoms with Crippen LogP contribution < -0.4 is 0 Å². The molecule has 0 aliphatic heterocycles. The number of thiophene rings is 1. The molecule has 1 N–H and O–H groups in total. The summed E-state index contributed by atoms with van der Waals surface area (Å²) in [6, 6.07) is 36.3. The zero-order chi connectivity index (χ0) is 37.4. The molecule has 0 saturated carbocycles. The molecule has 0 amide bonds. The summed E-state index contributed by atoms with van der Waals surface area (Å²) in [5.74, 6) is 0.768. The predicted molar refractivity (Wildman–Crippen MR) is 227 cm³/mol. The molecule has 0 aliphatic rings. The van der Waals surface area contributed by atoms with E-state index >= 15 is 0 Å². The standard InChI is InChI=1S/C48H46N2O2S/c1-46(2,3)30-23-29(43(51)38(25-30)48(7,8)9)27-49-41-32-16-11-10-15-28(32)21-22-36(41)45-50-42-37(24-31(47(4,5)6)26-39(42)52-45)35-19-14-18-34-33-17-12-13-20-40(33)53-44(34)35/h10-27,51H,1-9H3. The van der Waals surface area contributed by atoms with Crippen LogP contribution in [0.3, 0.4) is 0 Å². The highest BCUT2D eigenvalue weighted by atomic mass is 32.1. The molecule has 0 unspecified atom stereocenters. The average molecular weight is 715 g/mol. The van der Waals surface area contributed by atoms with Gasteiger partial charge in [-0.1, -0.05) is 135 Å². The monoisotopic (exact) mass is 714 g/mol. The highest BCUT2D eigenvalue weighted by Crippen LogP contribution is 2.45. The van der Waals surface area contributed by atoms with Crippen molar-refractivity contribution in [2.24, 2.45) is 4.99 Å². The van der Waals surface area contributed by atoms with Crippen LogP contribution in [0.2, 0.25) is 0 Å². The molecular formula is C48H46N2O2S. The Kier molecular flexibility index (Phi) is 8.15. The number of benzene rings is 6. The fourth-order valence-corrected chi connectivity index (χ4v) is 8.43. The summed E-state index contributed by atoms with van der Waals surface area (Å²) < 4.78 is 9.30. The van der Waals surface area contributed by atoms with Gasteiger partial charge in [0.15, 0.2) is 5.58 Å². The number of hydrogen-bond donors (Lipinski definition) is 1. The number of oxazole rings is 1. The lowest BCUT2D eigenvalue weighted by Gasteiger charge is -2.27. The Hall–Kier alpha value is -5.26. The van der Waals surface area contributed by atoms with Crippen molar-refractivity contribution in [3.05, 3.63) is 125 Å². The van der Waals surface area contributed by atoms with Crippen LogP contribution >= 0.6 is 11.3 Å². The maximum Gasteiger partial charge on any atom is 0.229 e. The van der Waals surface area contributed by atoms with Gasteiger partial charge in [-0.3, -0.25) is 4.99 Å². The molecule has 0 fully saturated rings. The number of nitrogens with zero attached hydrogens (tertiary/aromatic N) is 2. The molecule has 4 nitrogen and oxygen atoms in total. The number of aromatic hydroxyl groups is 1. The van der Waals surface area contributed by atoms with Crippen LogP contribution in [0.4, 0.5) is 5.69 Å². The maximum atomic E-state index is 11.6. The minimum absolute atomic E-state index is 0.108. The summed E-state index contributed by atoms with van der Waals surface area (Å²) >= 11 is 1.82. The van der Waals surface area contributed by atoms with E-state index in [1.54, 1.807) is 6.21 Å². The third-order valence-corrected chi connectivity index (χ3v) is 11.6. The van der Waals surface area contributed by atoms with E-state index in [4.69, 9.17) is 14.4 Å². The summed E-state index contributed by atoms with van der Waals surface area (Å²) in [5.41, 5.74) is 8.77. The Morgan fingerprint density at radius 2 is 1.32 bits per heavy atom. The van der Waals surface area contributed by atoms with Crippen molar-refractivity contribution >= 4 is 65.3 Å². The van der Waals surface area contributed by atoms with Crippen LogP contribution in [0.5, 0.6) is 5.75 Å². The molecule has 8 rings (SSSR count). The Morgan fingerprint density at radius 1 is 0.642 bits per heavy atom. The molecule has 0 aliphatic carbocycles. The van der Waals surface area contributed by atoms with Gasteiger partial charge in [-0.2, -0.15) is 0 Å². The van der Waals surface area contributed by atoms with E-state index in [-0.39, 0.29) is 22.0 Å². The Labute approximate surface area is 315 Å². The summed E-state index contributed by atoms with van der Waals surface area (Å²) in [7, 11) is 0. The summed E-state index contributed by atoms with van der Waals surface area (Å²) in [4.78, 5) is 10.5. The van der Waals surface area contributed by atoms with Crippen molar-refractivity contribution in [3.8, 4) is 28.3 Å². The van der Waals surface area contributed by atoms with Gasteiger partial charge in [0, 0.05) is 54.0 Å². The quantitative estimate of drug-likeness (QED) is 0.185. The van der Waals surface area contributed by atoms with Crippen LogP contribution in [0.25, 0.3) is 64.6 Å². The lowest BCUT2D eigenvalue weighted by atomic mass is 9.79. The topological polar surface area (TPSA) is 58.6 Å². The van der Waals surface area contributed by atoms with E-state index in [0.29, 0.717) is 11.5 Å². The van der Waals surface area contributed by atoms with Crippen LogP contribution in [0.1, 0.15) is 84.6 Å². The first-order valence-corrected chi connectivity index (χ1v) is 19.2. The third-order valence-electron chi connectivity index (χ3n) is 10.3. The second kappa shape index (κ2) is 12.4. The molecule has 0 saturated heterocycles. The summed E-state index contributed by atoms with van der Waals surface area (Å²) in [5, 5.41) is 16.2. The number of rotatable bonds is 4. The lowest BCUT2D eigenvalue weighted by molar-refractivity contribution is 0.444. The first-order chi connectivity index (χ1) is 25.1. The van der Waals surface area contributed by atoms with Crippen molar-refractivity contribution in [2.75, 3.05) is 0 Å². The van der Waals surface area contributed by atoms with Gasteiger partial charge in [0.1, 0.15) is 11.3 Å². The van der Waals surface area contributed by atoms with E-state index in [1.807, 2.05) is 23.5 Å². The number of phenolic OH excluding ortho intramolecular Hbond substituents is 1. The SMILES string of the molecule is CC(C)(C)c1cc(C=Nc2c(-c3nc4c(-c5cccc6c5sc5ccccc56)cc(C(C)(C)C)cc4o3)ccc3ccccc23)c(O)c(C(C)(C)C)c1. The largest absolute Gasteiger partial charge is 0.507 e. The molecule has 0 bridgehead atoms. The molecule has 2 aromatic heterocycles. The van der Waals surface area contributed by atoms with Crippen molar-refractivity contribution in [2.45, 2.75) is 78.6 Å². The molecule has 0 radical (unpaired) electrons. The zero-order valence-electron chi connectivity index (χ0n) is 32.1. The molecule has 266 valence electrons. The lowest BCUT2D eigenvalue weighted by Crippen LogP contribution is -2.17. The van der Waals surface area contributed by atoms with Gasteiger partial charge in [-0.15, -0.1) is 11.3 Å². The molecule has 0 atom stereocenters. The minimum Gasteiger partial charge on any atom is -0.507 e. The minimum atomic E-state index is -0.249. The Bertz CT molecular complexity index is 2740. The van der Waals surface area contributed by atoms with Crippen LogP contribution in [0, 0.1) is 0 Å². The van der Waals surface area contributed by atoms with Gasteiger partial charge in [-0.05, 0) is 63.1 Å². The van der Waals surface area contributed by atoms with Gasteiger partial charge in [0.05, 0.1) is 11.3 Å². The van der Waals surface area contributed by atoms with Crippen molar-refractivity contribution in [1.29, 1.82) is 0 Å². The first-order valence-electron chi connectivity index (χ1n) is 18.4.